The van der Waals surface area contributed by atoms with Crippen molar-refractivity contribution in [2.75, 3.05) is 13.1 Å². The van der Waals surface area contributed by atoms with Crippen molar-refractivity contribution >= 4 is 0 Å². The lowest BCUT2D eigenvalue weighted by atomic mass is 10.1. The first-order valence-corrected chi connectivity index (χ1v) is 6.17. The van der Waals surface area contributed by atoms with Gasteiger partial charge in [-0.15, -0.1) is 0 Å². The van der Waals surface area contributed by atoms with Crippen LogP contribution in [0.1, 0.15) is 38.8 Å². The fourth-order valence-corrected chi connectivity index (χ4v) is 2.10. The van der Waals surface area contributed by atoms with Gasteiger partial charge in [0.15, 0.2) is 0 Å². The Kier molecular flexibility index (Phi) is 5.50. The number of hydrogen-bond acceptors (Lipinski definition) is 2. The number of hydrogen-bond donors (Lipinski definition) is 1. The van der Waals surface area contributed by atoms with Gasteiger partial charge in [-0.05, 0) is 39.3 Å². The molecule has 0 saturated carbocycles. The lowest BCUT2D eigenvalue weighted by molar-refractivity contribution is 0.163. The minimum absolute atomic E-state index is 0.466. The van der Waals surface area contributed by atoms with E-state index in [9.17, 15) is 0 Å². The second-order valence-electron chi connectivity index (χ2n) is 4.56. The average Bonchev–Trinajstić information content (AvgIpc) is 2.30. The predicted octanol–water partition coefficient (Wildman–Crippen LogP) is 2.81. The molecule has 2 N–H and O–H groups in total. The van der Waals surface area contributed by atoms with Crippen LogP contribution < -0.4 is 5.73 Å². The summed E-state index contributed by atoms with van der Waals surface area (Å²) in [6, 6.07) is 11.7. The molecule has 0 aromatic heterocycles. The minimum Gasteiger partial charge on any atom is -0.330 e. The van der Waals surface area contributed by atoms with E-state index < -0.39 is 0 Å². The Balaban J connectivity index is 2.71. The maximum absolute atomic E-state index is 5.59. The third-order valence-electron chi connectivity index (χ3n) is 3.06. The monoisotopic (exact) mass is 220 g/mol. The molecule has 0 aliphatic rings. The maximum Gasteiger partial charge on any atom is 0.0322 e. The van der Waals surface area contributed by atoms with Crippen LogP contribution in [0.25, 0.3) is 0 Å². The Labute approximate surface area is 99.5 Å². The number of nitrogens with two attached hydrogens (primary N) is 1. The summed E-state index contributed by atoms with van der Waals surface area (Å²) < 4.78 is 0. The third kappa shape index (κ3) is 3.62. The maximum atomic E-state index is 5.59. The van der Waals surface area contributed by atoms with E-state index in [1.165, 1.54) is 5.56 Å². The van der Waals surface area contributed by atoms with Crippen LogP contribution in [0.5, 0.6) is 0 Å². The largest absolute Gasteiger partial charge is 0.330 e. The van der Waals surface area contributed by atoms with Gasteiger partial charge in [0, 0.05) is 18.6 Å². The molecule has 0 aliphatic heterocycles. The molecule has 1 aromatic carbocycles. The van der Waals surface area contributed by atoms with Crippen LogP contribution in [0.2, 0.25) is 0 Å². The summed E-state index contributed by atoms with van der Waals surface area (Å²) in [7, 11) is 0. The van der Waals surface area contributed by atoms with E-state index in [0.717, 1.165) is 19.5 Å². The van der Waals surface area contributed by atoms with Crippen molar-refractivity contribution in [2.45, 2.75) is 39.3 Å². The average molecular weight is 220 g/mol. The van der Waals surface area contributed by atoms with Crippen molar-refractivity contribution in [3.63, 3.8) is 0 Å². The molecule has 2 heteroatoms. The highest BCUT2D eigenvalue weighted by molar-refractivity contribution is 5.18. The van der Waals surface area contributed by atoms with Gasteiger partial charge in [-0.1, -0.05) is 30.3 Å². The highest BCUT2D eigenvalue weighted by atomic mass is 15.2. The lowest BCUT2D eigenvalue weighted by Crippen LogP contribution is -2.35. The van der Waals surface area contributed by atoms with E-state index in [1.807, 2.05) is 0 Å². The van der Waals surface area contributed by atoms with Gasteiger partial charge in [0.25, 0.3) is 0 Å². The quantitative estimate of drug-likeness (QED) is 0.798. The van der Waals surface area contributed by atoms with Gasteiger partial charge in [0.2, 0.25) is 0 Å². The summed E-state index contributed by atoms with van der Waals surface area (Å²) >= 11 is 0. The van der Waals surface area contributed by atoms with Crippen LogP contribution in [0.15, 0.2) is 30.3 Å². The molecule has 0 amide bonds. The normalized spacial score (nSPS) is 13.4. The van der Waals surface area contributed by atoms with Crippen LogP contribution in [0.3, 0.4) is 0 Å². The van der Waals surface area contributed by atoms with E-state index in [2.05, 4.69) is 56.0 Å². The number of rotatable bonds is 6. The van der Waals surface area contributed by atoms with E-state index in [1.54, 1.807) is 0 Å². The minimum atomic E-state index is 0.466. The molecule has 0 radical (unpaired) electrons. The van der Waals surface area contributed by atoms with E-state index >= 15 is 0 Å². The molecule has 0 saturated heterocycles. The summed E-state index contributed by atoms with van der Waals surface area (Å²) in [5.41, 5.74) is 6.97. The number of nitrogens with zero attached hydrogens (tertiary/aromatic N) is 1. The zero-order chi connectivity index (χ0) is 12.0. The third-order valence-corrected chi connectivity index (χ3v) is 3.06. The highest BCUT2D eigenvalue weighted by Crippen LogP contribution is 2.22. The van der Waals surface area contributed by atoms with Crippen LogP contribution in [-0.2, 0) is 0 Å². The van der Waals surface area contributed by atoms with Crippen molar-refractivity contribution in [3.05, 3.63) is 35.9 Å². The van der Waals surface area contributed by atoms with Crippen molar-refractivity contribution < 1.29 is 0 Å². The SMILES string of the molecule is CC(C)N(CCCN)C(C)c1ccccc1. The molecule has 1 unspecified atom stereocenters. The van der Waals surface area contributed by atoms with Gasteiger partial charge in [-0.25, -0.2) is 0 Å². The van der Waals surface area contributed by atoms with Gasteiger partial charge >= 0.3 is 0 Å². The molecule has 1 atom stereocenters. The number of benzene rings is 1. The fourth-order valence-electron chi connectivity index (χ4n) is 2.10. The first-order chi connectivity index (χ1) is 7.66. The van der Waals surface area contributed by atoms with Crippen molar-refractivity contribution in [1.29, 1.82) is 0 Å². The molecule has 1 rings (SSSR count). The smallest absolute Gasteiger partial charge is 0.0322 e. The Bertz CT molecular complexity index is 282. The molecular formula is C14H24N2. The molecule has 90 valence electrons. The summed E-state index contributed by atoms with van der Waals surface area (Å²) in [5, 5.41) is 0. The predicted molar refractivity (Wildman–Crippen MR) is 70.4 cm³/mol. The van der Waals surface area contributed by atoms with E-state index in [0.29, 0.717) is 12.1 Å². The van der Waals surface area contributed by atoms with E-state index in [4.69, 9.17) is 5.73 Å². The Hall–Kier alpha value is -0.860. The standard InChI is InChI=1S/C14H24N2/c1-12(2)16(11-7-10-15)13(3)14-8-5-4-6-9-14/h4-6,8-9,12-13H,7,10-11,15H2,1-3H3. The van der Waals surface area contributed by atoms with Gasteiger partial charge in [-0.2, -0.15) is 0 Å². The van der Waals surface area contributed by atoms with E-state index in [-0.39, 0.29) is 0 Å². The molecular weight excluding hydrogens is 196 g/mol. The summed E-state index contributed by atoms with van der Waals surface area (Å²) in [6.07, 6.45) is 1.06. The first-order valence-electron chi connectivity index (χ1n) is 6.17. The lowest BCUT2D eigenvalue weighted by Gasteiger charge is -2.33. The van der Waals surface area contributed by atoms with Crippen molar-refractivity contribution in [3.8, 4) is 0 Å². The van der Waals surface area contributed by atoms with Crippen molar-refractivity contribution in [2.24, 2.45) is 5.73 Å². The summed E-state index contributed by atoms with van der Waals surface area (Å²) in [6.45, 7) is 8.60. The fraction of sp³-hybridized carbons (Fsp3) is 0.571. The van der Waals surface area contributed by atoms with Gasteiger partial charge in [-0.3, -0.25) is 4.90 Å². The first kappa shape index (κ1) is 13.2. The van der Waals surface area contributed by atoms with Crippen molar-refractivity contribution in [1.82, 2.24) is 4.90 Å². The second-order valence-corrected chi connectivity index (χ2v) is 4.56. The van der Waals surface area contributed by atoms with Crippen LogP contribution >= 0.6 is 0 Å². The Morgan fingerprint density at radius 2 is 1.75 bits per heavy atom. The molecule has 2 nitrogen and oxygen atoms in total. The molecule has 0 spiro atoms. The highest BCUT2D eigenvalue weighted by Gasteiger charge is 2.17. The molecule has 0 aliphatic carbocycles. The zero-order valence-corrected chi connectivity index (χ0v) is 10.7. The molecule has 0 bridgehead atoms. The van der Waals surface area contributed by atoms with Crippen LogP contribution in [-0.4, -0.2) is 24.0 Å². The Morgan fingerprint density at radius 3 is 2.25 bits per heavy atom. The summed E-state index contributed by atoms with van der Waals surface area (Å²) in [4.78, 5) is 2.50. The molecule has 1 aromatic rings. The van der Waals surface area contributed by atoms with Crippen LogP contribution in [0, 0.1) is 0 Å². The topological polar surface area (TPSA) is 29.3 Å². The summed E-state index contributed by atoms with van der Waals surface area (Å²) in [5.74, 6) is 0. The van der Waals surface area contributed by atoms with Gasteiger partial charge in [0.1, 0.15) is 0 Å². The Morgan fingerprint density at radius 1 is 1.12 bits per heavy atom. The second kappa shape index (κ2) is 6.66. The van der Waals surface area contributed by atoms with Crippen LogP contribution in [0.4, 0.5) is 0 Å². The molecule has 16 heavy (non-hydrogen) atoms. The van der Waals surface area contributed by atoms with Gasteiger partial charge in [0.05, 0.1) is 0 Å². The molecule has 0 heterocycles. The molecule has 0 fully saturated rings. The zero-order valence-electron chi connectivity index (χ0n) is 10.7. The van der Waals surface area contributed by atoms with Gasteiger partial charge < -0.3 is 5.73 Å².